The smallest absolute Gasteiger partial charge is 0.306 e. The molecule has 6 heteroatoms. The zero-order chi connectivity index (χ0) is 49.3. The van der Waals surface area contributed by atoms with Crippen molar-refractivity contribution in [2.45, 2.75) is 252 Å². The molecule has 68 heavy (non-hydrogen) atoms. The molecule has 1 atom stereocenters. The molecule has 0 aromatic rings. The quantitative estimate of drug-likeness (QED) is 0.0262. The van der Waals surface area contributed by atoms with Crippen LogP contribution in [0.2, 0.25) is 0 Å². The Morgan fingerprint density at radius 2 is 0.574 bits per heavy atom. The molecule has 0 aromatic heterocycles. The van der Waals surface area contributed by atoms with E-state index in [1.807, 2.05) is 0 Å². The number of carbonyl (C=O) groups excluding carboxylic acids is 3. The third kappa shape index (κ3) is 53.0. The highest BCUT2D eigenvalue weighted by Gasteiger charge is 2.19. The SMILES string of the molecule is CC/C=C\C/C=C\C/C=C\C/C=C\C/C=C\C/C=C\C/C=C\C/C=C\C/C=C\CCCCCC(=O)OCC(COC(=O)CCCCCCCC)OC(=O)CCCCCCCCCCCCCCC. The standard InChI is InChI=1S/C62H102O6/c1-4-7-10-13-16-18-20-22-23-24-25-26-27-28-29-30-31-32-33-34-35-36-37-38-39-41-42-44-46-49-52-55-61(64)67-58-59(57-66-60(63)54-51-48-15-12-9-6-3)68-62(65)56-53-50-47-45-43-40-21-19-17-14-11-8-5-2/h7,10,16,18,22-23,25-26,28-29,31-32,34-35,37-38,41-42,59H,4-6,8-9,11-15,17,19-21,24,27,30,33,36,39-40,43-58H2,1-3H3/b10-7-,18-16-,23-22-,26-25-,29-28-,32-31-,35-34-,38-37-,42-41-. The zero-order valence-corrected chi connectivity index (χ0v) is 44.1. The second-order valence-corrected chi connectivity index (χ2v) is 18.1. The number of carbonyl (C=O) groups is 3. The predicted molar refractivity (Wildman–Crippen MR) is 293 cm³/mol. The lowest BCUT2D eigenvalue weighted by Gasteiger charge is -2.18. The number of hydrogen-bond acceptors (Lipinski definition) is 6. The summed E-state index contributed by atoms with van der Waals surface area (Å²) >= 11 is 0. The molecule has 0 aliphatic heterocycles. The molecule has 0 radical (unpaired) electrons. The molecule has 0 N–H and O–H groups in total. The van der Waals surface area contributed by atoms with E-state index in [1.54, 1.807) is 0 Å². The fourth-order valence-corrected chi connectivity index (χ4v) is 7.37. The van der Waals surface area contributed by atoms with Gasteiger partial charge in [0.15, 0.2) is 6.10 Å². The number of esters is 3. The number of allylic oxidation sites excluding steroid dienone is 18. The maximum Gasteiger partial charge on any atom is 0.306 e. The lowest BCUT2D eigenvalue weighted by Crippen LogP contribution is -2.30. The van der Waals surface area contributed by atoms with Crippen LogP contribution in [-0.4, -0.2) is 37.2 Å². The summed E-state index contributed by atoms with van der Waals surface area (Å²) in [5, 5.41) is 0. The summed E-state index contributed by atoms with van der Waals surface area (Å²) in [7, 11) is 0. The van der Waals surface area contributed by atoms with E-state index in [4.69, 9.17) is 14.2 Å². The summed E-state index contributed by atoms with van der Waals surface area (Å²) in [6.45, 7) is 6.43. The van der Waals surface area contributed by atoms with Crippen LogP contribution in [0, 0.1) is 0 Å². The largest absolute Gasteiger partial charge is 0.462 e. The topological polar surface area (TPSA) is 78.9 Å². The summed E-state index contributed by atoms with van der Waals surface area (Å²) in [6, 6.07) is 0. The fourth-order valence-electron chi connectivity index (χ4n) is 7.37. The minimum Gasteiger partial charge on any atom is -0.462 e. The van der Waals surface area contributed by atoms with Crippen molar-refractivity contribution >= 4 is 17.9 Å². The molecular formula is C62H102O6. The summed E-state index contributed by atoms with van der Waals surface area (Å²) in [5.41, 5.74) is 0. The highest BCUT2D eigenvalue weighted by molar-refractivity contribution is 5.71. The predicted octanol–water partition coefficient (Wildman–Crippen LogP) is 18.7. The van der Waals surface area contributed by atoms with E-state index in [1.165, 1.54) is 83.5 Å². The van der Waals surface area contributed by atoms with Gasteiger partial charge in [-0.05, 0) is 89.9 Å². The van der Waals surface area contributed by atoms with E-state index in [0.717, 1.165) is 122 Å². The normalized spacial score (nSPS) is 12.9. The van der Waals surface area contributed by atoms with Crippen LogP contribution in [0.25, 0.3) is 0 Å². The fraction of sp³-hybridized carbons (Fsp3) is 0.661. The molecule has 0 saturated carbocycles. The van der Waals surface area contributed by atoms with E-state index < -0.39 is 6.10 Å². The van der Waals surface area contributed by atoms with Crippen LogP contribution in [0.4, 0.5) is 0 Å². The first-order chi connectivity index (χ1) is 33.5. The van der Waals surface area contributed by atoms with Crippen LogP contribution in [0.5, 0.6) is 0 Å². The summed E-state index contributed by atoms with van der Waals surface area (Å²) in [6.07, 6.45) is 75.4. The number of rotatable bonds is 49. The van der Waals surface area contributed by atoms with Crippen molar-refractivity contribution in [3.63, 3.8) is 0 Å². The minimum atomic E-state index is -0.787. The molecule has 6 nitrogen and oxygen atoms in total. The van der Waals surface area contributed by atoms with Crippen molar-refractivity contribution < 1.29 is 28.6 Å². The van der Waals surface area contributed by atoms with Gasteiger partial charge in [0, 0.05) is 19.3 Å². The Labute approximate surface area is 419 Å². The Balaban J connectivity index is 4.20. The van der Waals surface area contributed by atoms with Gasteiger partial charge in [-0.25, -0.2) is 0 Å². The molecule has 0 fully saturated rings. The Morgan fingerprint density at radius 1 is 0.309 bits per heavy atom. The minimum absolute atomic E-state index is 0.0877. The van der Waals surface area contributed by atoms with Gasteiger partial charge < -0.3 is 14.2 Å². The lowest BCUT2D eigenvalue weighted by atomic mass is 10.0. The Morgan fingerprint density at radius 3 is 0.897 bits per heavy atom. The van der Waals surface area contributed by atoms with Crippen LogP contribution < -0.4 is 0 Å². The van der Waals surface area contributed by atoms with Crippen molar-refractivity contribution in [2.75, 3.05) is 13.2 Å². The van der Waals surface area contributed by atoms with Crippen LogP contribution in [0.15, 0.2) is 109 Å². The molecule has 0 spiro atoms. The van der Waals surface area contributed by atoms with Crippen LogP contribution in [-0.2, 0) is 28.6 Å². The van der Waals surface area contributed by atoms with Gasteiger partial charge in [-0.15, -0.1) is 0 Å². The van der Waals surface area contributed by atoms with E-state index >= 15 is 0 Å². The molecule has 0 saturated heterocycles. The maximum absolute atomic E-state index is 12.7. The third-order valence-corrected chi connectivity index (χ3v) is 11.5. The highest BCUT2D eigenvalue weighted by atomic mass is 16.6. The van der Waals surface area contributed by atoms with Gasteiger partial charge in [0.1, 0.15) is 13.2 Å². The van der Waals surface area contributed by atoms with E-state index in [0.29, 0.717) is 19.3 Å². The van der Waals surface area contributed by atoms with Gasteiger partial charge in [-0.1, -0.05) is 246 Å². The van der Waals surface area contributed by atoms with Gasteiger partial charge in [0.05, 0.1) is 0 Å². The number of unbranched alkanes of at least 4 members (excludes halogenated alkanes) is 20. The van der Waals surface area contributed by atoms with Gasteiger partial charge in [-0.2, -0.15) is 0 Å². The van der Waals surface area contributed by atoms with E-state index in [-0.39, 0.29) is 31.1 Å². The Hall–Kier alpha value is -3.93. The number of hydrogen-bond donors (Lipinski definition) is 0. The molecular weight excluding hydrogens is 841 g/mol. The monoisotopic (exact) mass is 943 g/mol. The van der Waals surface area contributed by atoms with Gasteiger partial charge in [0.2, 0.25) is 0 Å². The van der Waals surface area contributed by atoms with Crippen molar-refractivity contribution in [3.05, 3.63) is 109 Å². The molecule has 0 heterocycles. The molecule has 0 amide bonds. The Bertz CT molecular complexity index is 1410. The molecule has 0 rings (SSSR count). The first-order valence-electron chi connectivity index (χ1n) is 27.9. The van der Waals surface area contributed by atoms with Crippen LogP contribution in [0.1, 0.15) is 245 Å². The average Bonchev–Trinajstić information content (AvgIpc) is 3.34. The van der Waals surface area contributed by atoms with E-state index in [2.05, 4.69) is 130 Å². The first-order valence-corrected chi connectivity index (χ1v) is 27.9. The Kier molecular flexibility index (Phi) is 52.4. The van der Waals surface area contributed by atoms with Gasteiger partial charge in [0.25, 0.3) is 0 Å². The molecule has 386 valence electrons. The van der Waals surface area contributed by atoms with Crippen molar-refractivity contribution in [3.8, 4) is 0 Å². The molecule has 0 aliphatic rings. The average molecular weight is 943 g/mol. The van der Waals surface area contributed by atoms with Gasteiger partial charge in [-0.3, -0.25) is 14.4 Å². The van der Waals surface area contributed by atoms with Crippen molar-refractivity contribution in [2.24, 2.45) is 0 Å². The van der Waals surface area contributed by atoms with Crippen LogP contribution in [0.3, 0.4) is 0 Å². The molecule has 0 bridgehead atoms. The lowest BCUT2D eigenvalue weighted by molar-refractivity contribution is -0.167. The number of ether oxygens (including phenoxy) is 3. The third-order valence-electron chi connectivity index (χ3n) is 11.5. The molecule has 0 aliphatic carbocycles. The second-order valence-electron chi connectivity index (χ2n) is 18.1. The maximum atomic E-state index is 12.7. The van der Waals surface area contributed by atoms with E-state index in [9.17, 15) is 14.4 Å². The van der Waals surface area contributed by atoms with Crippen LogP contribution >= 0.6 is 0 Å². The summed E-state index contributed by atoms with van der Waals surface area (Å²) in [5.74, 6) is -0.933. The summed E-state index contributed by atoms with van der Waals surface area (Å²) in [4.78, 5) is 37.8. The first kappa shape index (κ1) is 64.1. The second kappa shape index (κ2) is 55.7. The highest BCUT2D eigenvalue weighted by Crippen LogP contribution is 2.14. The summed E-state index contributed by atoms with van der Waals surface area (Å²) < 4.78 is 16.7. The van der Waals surface area contributed by atoms with Gasteiger partial charge >= 0.3 is 17.9 Å². The van der Waals surface area contributed by atoms with Crippen molar-refractivity contribution in [1.29, 1.82) is 0 Å². The zero-order valence-electron chi connectivity index (χ0n) is 44.1. The molecule has 0 aromatic carbocycles. The van der Waals surface area contributed by atoms with Crippen molar-refractivity contribution in [1.82, 2.24) is 0 Å². The molecule has 1 unspecified atom stereocenters.